The van der Waals surface area contributed by atoms with Gasteiger partial charge in [-0.2, -0.15) is 10.2 Å². The van der Waals surface area contributed by atoms with Crippen LogP contribution in [0.1, 0.15) is 35.3 Å². The first-order chi connectivity index (χ1) is 17.0. The summed E-state index contributed by atoms with van der Waals surface area (Å²) in [5, 5.41) is 14.3. The molecule has 0 saturated carbocycles. The van der Waals surface area contributed by atoms with Crippen molar-refractivity contribution in [3.05, 3.63) is 60.3 Å². The molecular formula is C25H26N8O2. The number of pyridine rings is 2. The molecule has 4 aromatic heterocycles. The lowest BCUT2D eigenvalue weighted by atomic mass is 10.1. The number of piperidine rings is 1. The van der Waals surface area contributed by atoms with Crippen molar-refractivity contribution in [3.8, 4) is 11.3 Å². The van der Waals surface area contributed by atoms with E-state index in [0.717, 1.165) is 42.6 Å². The van der Waals surface area contributed by atoms with Gasteiger partial charge in [0.25, 0.3) is 5.91 Å². The molecule has 0 unspecified atom stereocenters. The molecule has 0 aliphatic carbocycles. The molecule has 0 bridgehead atoms. The molecule has 5 rings (SSSR count). The lowest BCUT2D eigenvalue weighted by molar-refractivity contribution is -0.117. The lowest BCUT2D eigenvalue weighted by Crippen LogP contribution is -2.36. The number of amides is 2. The van der Waals surface area contributed by atoms with E-state index < -0.39 is 0 Å². The maximum absolute atomic E-state index is 13.0. The number of carbonyl (C=O) groups is 2. The van der Waals surface area contributed by atoms with Crippen LogP contribution in [-0.4, -0.2) is 61.5 Å². The summed E-state index contributed by atoms with van der Waals surface area (Å²) in [6, 6.07) is 7.27. The van der Waals surface area contributed by atoms with E-state index in [9.17, 15) is 9.59 Å². The van der Waals surface area contributed by atoms with Gasteiger partial charge in [-0.3, -0.25) is 19.5 Å². The number of hydrogen-bond donors (Lipinski definition) is 3. The van der Waals surface area contributed by atoms with Crippen molar-refractivity contribution < 1.29 is 9.59 Å². The summed E-state index contributed by atoms with van der Waals surface area (Å²) in [6.45, 7) is 4.05. The number of nitrogens with zero attached hydrogens (tertiary/aromatic N) is 5. The van der Waals surface area contributed by atoms with Crippen LogP contribution in [0.4, 0.5) is 11.4 Å². The quantitative estimate of drug-likeness (QED) is 0.394. The van der Waals surface area contributed by atoms with Gasteiger partial charge < -0.3 is 15.6 Å². The van der Waals surface area contributed by atoms with Crippen LogP contribution in [0.3, 0.4) is 0 Å². The number of rotatable bonds is 6. The average molecular weight is 471 g/mol. The minimum absolute atomic E-state index is 0.0860. The van der Waals surface area contributed by atoms with Gasteiger partial charge in [-0.15, -0.1) is 0 Å². The molecule has 2 amide bonds. The van der Waals surface area contributed by atoms with E-state index >= 15 is 0 Å². The molecule has 0 spiro atoms. The molecule has 0 radical (unpaired) electrons. The number of H-pyrrole nitrogens is 1. The normalized spacial score (nSPS) is 14.1. The Kier molecular flexibility index (Phi) is 6.44. The zero-order chi connectivity index (χ0) is 24.2. The molecule has 1 aliphatic rings. The number of aromatic amines is 1. The summed E-state index contributed by atoms with van der Waals surface area (Å²) in [7, 11) is 0. The highest BCUT2D eigenvalue weighted by Crippen LogP contribution is 2.24. The molecule has 1 fully saturated rings. The minimum Gasteiger partial charge on any atom is -0.339 e. The van der Waals surface area contributed by atoms with Gasteiger partial charge in [-0.05, 0) is 57.1 Å². The predicted octanol–water partition coefficient (Wildman–Crippen LogP) is 3.40. The molecule has 0 atom stereocenters. The monoisotopic (exact) mass is 470 g/mol. The van der Waals surface area contributed by atoms with Crippen LogP contribution in [0, 0.1) is 6.92 Å². The Bertz CT molecular complexity index is 1360. The van der Waals surface area contributed by atoms with Gasteiger partial charge in [-0.1, -0.05) is 6.42 Å². The van der Waals surface area contributed by atoms with Crippen LogP contribution in [0.15, 0.2) is 49.1 Å². The molecule has 1 aliphatic heterocycles. The van der Waals surface area contributed by atoms with Crippen LogP contribution in [0.25, 0.3) is 22.3 Å². The van der Waals surface area contributed by atoms with E-state index in [2.05, 4.69) is 40.7 Å². The summed E-state index contributed by atoms with van der Waals surface area (Å²) >= 11 is 0. The second-order valence-corrected chi connectivity index (χ2v) is 8.67. The van der Waals surface area contributed by atoms with Gasteiger partial charge in [0.05, 0.1) is 47.8 Å². The van der Waals surface area contributed by atoms with Crippen molar-refractivity contribution >= 4 is 34.2 Å². The molecule has 35 heavy (non-hydrogen) atoms. The lowest BCUT2D eigenvalue weighted by Gasteiger charge is -2.25. The molecule has 3 N–H and O–H groups in total. The summed E-state index contributed by atoms with van der Waals surface area (Å²) < 4.78 is 0. The first kappa shape index (κ1) is 22.6. The van der Waals surface area contributed by atoms with Crippen LogP contribution in [0.5, 0.6) is 0 Å². The standard InChI is InChI=1S/C25H26N8O2/c1-16-21(11-20(14-26-16)30-23(34)15-33-7-3-2-4-8-33)32-25(35)19-9-18-10-22(31-24(18)27-12-19)17-5-6-28-29-13-17/h5-6,9-14H,2-4,7-8,15H2,1H3,(H,27,31)(H,30,34)(H,32,35). The van der Waals surface area contributed by atoms with E-state index in [1.165, 1.54) is 12.6 Å². The van der Waals surface area contributed by atoms with Crippen molar-refractivity contribution in [2.75, 3.05) is 30.3 Å². The van der Waals surface area contributed by atoms with Gasteiger partial charge in [0.2, 0.25) is 5.91 Å². The Morgan fingerprint density at radius 3 is 2.66 bits per heavy atom. The molecule has 10 nitrogen and oxygen atoms in total. The van der Waals surface area contributed by atoms with Crippen molar-refractivity contribution in [2.24, 2.45) is 0 Å². The van der Waals surface area contributed by atoms with Gasteiger partial charge in [0.1, 0.15) is 5.65 Å². The second kappa shape index (κ2) is 9.98. The van der Waals surface area contributed by atoms with Crippen molar-refractivity contribution in [1.82, 2.24) is 30.0 Å². The fourth-order valence-electron chi connectivity index (χ4n) is 4.19. The first-order valence-corrected chi connectivity index (χ1v) is 11.6. The third-order valence-electron chi connectivity index (χ3n) is 6.06. The van der Waals surface area contributed by atoms with Gasteiger partial charge in [-0.25, -0.2) is 4.98 Å². The van der Waals surface area contributed by atoms with Crippen LogP contribution in [-0.2, 0) is 4.79 Å². The molecule has 4 aromatic rings. The maximum atomic E-state index is 13.0. The first-order valence-electron chi connectivity index (χ1n) is 11.6. The number of hydrogen-bond acceptors (Lipinski definition) is 7. The summed E-state index contributed by atoms with van der Waals surface area (Å²) in [4.78, 5) is 39.6. The second-order valence-electron chi connectivity index (χ2n) is 8.67. The number of anilines is 2. The van der Waals surface area contributed by atoms with Crippen LogP contribution in [0.2, 0.25) is 0 Å². The van der Waals surface area contributed by atoms with Crippen LogP contribution < -0.4 is 10.6 Å². The summed E-state index contributed by atoms with van der Waals surface area (Å²) in [5.41, 5.74) is 4.53. The van der Waals surface area contributed by atoms with Gasteiger partial charge in [0, 0.05) is 22.8 Å². The third-order valence-corrected chi connectivity index (χ3v) is 6.06. The minimum atomic E-state index is -0.311. The summed E-state index contributed by atoms with van der Waals surface area (Å²) in [6.07, 6.45) is 9.87. The Morgan fingerprint density at radius 1 is 1.00 bits per heavy atom. The molecule has 178 valence electrons. The van der Waals surface area contributed by atoms with Gasteiger partial charge >= 0.3 is 0 Å². The zero-order valence-electron chi connectivity index (χ0n) is 19.4. The average Bonchev–Trinajstić information content (AvgIpc) is 3.31. The van der Waals surface area contributed by atoms with E-state index in [1.807, 2.05) is 12.1 Å². The third kappa shape index (κ3) is 5.33. The zero-order valence-corrected chi connectivity index (χ0v) is 19.4. The van der Waals surface area contributed by atoms with Crippen molar-refractivity contribution in [1.29, 1.82) is 0 Å². The van der Waals surface area contributed by atoms with E-state index in [1.54, 1.807) is 37.6 Å². The summed E-state index contributed by atoms with van der Waals surface area (Å²) in [5.74, 6) is -0.397. The molecule has 5 heterocycles. The Morgan fingerprint density at radius 2 is 1.86 bits per heavy atom. The molecule has 10 heteroatoms. The molecule has 1 saturated heterocycles. The van der Waals surface area contributed by atoms with E-state index in [4.69, 9.17) is 0 Å². The molecular weight excluding hydrogens is 444 g/mol. The highest BCUT2D eigenvalue weighted by atomic mass is 16.2. The number of likely N-dealkylation sites (tertiary alicyclic amines) is 1. The number of aromatic nitrogens is 5. The Hall–Kier alpha value is -4.18. The number of carbonyl (C=O) groups excluding carboxylic acids is 2. The highest BCUT2D eigenvalue weighted by Gasteiger charge is 2.16. The van der Waals surface area contributed by atoms with E-state index in [0.29, 0.717) is 34.8 Å². The van der Waals surface area contributed by atoms with Crippen LogP contribution >= 0.6 is 0 Å². The predicted molar refractivity (Wildman–Crippen MR) is 133 cm³/mol. The van der Waals surface area contributed by atoms with Crippen molar-refractivity contribution in [3.63, 3.8) is 0 Å². The smallest absolute Gasteiger partial charge is 0.257 e. The fourth-order valence-corrected chi connectivity index (χ4v) is 4.19. The SMILES string of the molecule is Cc1ncc(NC(=O)CN2CCCCC2)cc1NC(=O)c1cnc2[nH]c(-c3ccnnc3)cc2c1. The Labute approximate surface area is 202 Å². The largest absolute Gasteiger partial charge is 0.339 e. The van der Waals surface area contributed by atoms with Gasteiger partial charge in [0.15, 0.2) is 0 Å². The fraction of sp³-hybridized carbons (Fsp3) is 0.280. The maximum Gasteiger partial charge on any atom is 0.257 e. The van der Waals surface area contributed by atoms with Crippen molar-refractivity contribution in [2.45, 2.75) is 26.2 Å². The highest BCUT2D eigenvalue weighted by molar-refractivity contribution is 6.06. The number of fused-ring (bicyclic) bond motifs is 1. The topological polar surface area (TPSA) is 129 Å². The Balaban J connectivity index is 1.28. The number of nitrogens with one attached hydrogen (secondary N) is 3. The van der Waals surface area contributed by atoms with E-state index in [-0.39, 0.29) is 11.8 Å². The molecule has 0 aromatic carbocycles. The number of aryl methyl sites for hydroxylation is 1.